The number of nitrogens with one attached hydrogen (secondary N) is 1. The molecule has 0 radical (unpaired) electrons. The third-order valence-electron chi connectivity index (χ3n) is 5.73. The third kappa shape index (κ3) is 5.43. The molecular formula is C24H31N3O2. The Hall–Kier alpha value is -2.69. The molecular weight excluding hydrogens is 362 g/mol. The van der Waals surface area contributed by atoms with E-state index in [1.807, 2.05) is 61.2 Å². The average molecular weight is 394 g/mol. The predicted molar refractivity (Wildman–Crippen MR) is 115 cm³/mol. The van der Waals surface area contributed by atoms with Crippen molar-refractivity contribution in [3.8, 4) is 0 Å². The minimum atomic E-state index is -0.0515. The Morgan fingerprint density at radius 1 is 1.14 bits per heavy atom. The van der Waals surface area contributed by atoms with Gasteiger partial charge >= 0.3 is 0 Å². The number of carbonyl (C=O) groups excluding carboxylic acids is 2. The lowest BCUT2D eigenvalue weighted by molar-refractivity contribution is -0.131. The highest BCUT2D eigenvalue weighted by Crippen LogP contribution is 2.30. The van der Waals surface area contributed by atoms with Crippen molar-refractivity contribution in [3.05, 3.63) is 65.0 Å². The molecule has 1 aliphatic rings. The van der Waals surface area contributed by atoms with Gasteiger partial charge in [0, 0.05) is 30.7 Å². The summed E-state index contributed by atoms with van der Waals surface area (Å²) in [5.74, 6) is 0.319. The van der Waals surface area contributed by atoms with Gasteiger partial charge in [0.25, 0.3) is 5.91 Å². The molecule has 1 fully saturated rings. The van der Waals surface area contributed by atoms with E-state index in [1.54, 1.807) is 0 Å². The number of piperidine rings is 1. The molecule has 2 aromatic rings. The van der Waals surface area contributed by atoms with Crippen LogP contribution in [0.25, 0.3) is 0 Å². The first-order valence-electron chi connectivity index (χ1n) is 10.6. The van der Waals surface area contributed by atoms with Crippen LogP contribution in [-0.2, 0) is 11.2 Å². The van der Waals surface area contributed by atoms with Crippen molar-refractivity contribution in [1.82, 2.24) is 15.2 Å². The standard InChI is InChI=1S/C24H31N3O2/c1-4-17(2)26-24(29)21-11-10-18(3)25-23(21)20-12-14-27(15-13-20)22(28)16-19-8-6-5-7-9-19/h5-11,17,20H,4,12-16H2,1-3H3,(H,26,29). The van der Waals surface area contributed by atoms with Gasteiger partial charge in [0.1, 0.15) is 0 Å². The summed E-state index contributed by atoms with van der Waals surface area (Å²) in [5.41, 5.74) is 3.51. The summed E-state index contributed by atoms with van der Waals surface area (Å²) < 4.78 is 0. The smallest absolute Gasteiger partial charge is 0.253 e. The molecule has 0 bridgehead atoms. The van der Waals surface area contributed by atoms with Gasteiger partial charge in [-0.3, -0.25) is 14.6 Å². The van der Waals surface area contributed by atoms with Gasteiger partial charge in [-0.1, -0.05) is 37.3 Å². The Labute approximate surface area is 173 Å². The van der Waals surface area contributed by atoms with Crippen LogP contribution >= 0.6 is 0 Å². The van der Waals surface area contributed by atoms with Crippen LogP contribution in [0.1, 0.15) is 66.3 Å². The van der Waals surface area contributed by atoms with Gasteiger partial charge in [-0.2, -0.15) is 0 Å². The fraction of sp³-hybridized carbons (Fsp3) is 0.458. The summed E-state index contributed by atoms with van der Waals surface area (Å²) in [4.78, 5) is 32.1. The zero-order valence-corrected chi connectivity index (χ0v) is 17.6. The lowest BCUT2D eigenvalue weighted by atomic mass is 9.89. The molecule has 1 aromatic heterocycles. The number of pyridine rings is 1. The van der Waals surface area contributed by atoms with E-state index in [0.29, 0.717) is 25.1 Å². The largest absolute Gasteiger partial charge is 0.350 e. The van der Waals surface area contributed by atoms with E-state index in [0.717, 1.165) is 36.2 Å². The number of amides is 2. The average Bonchev–Trinajstić information content (AvgIpc) is 2.74. The second-order valence-electron chi connectivity index (χ2n) is 7.99. The molecule has 5 heteroatoms. The van der Waals surface area contributed by atoms with E-state index < -0.39 is 0 Å². The maximum absolute atomic E-state index is 12.7. The van der Waals surface area contributed by atoms with Crippen molar-refractivity contribution in [2.75, 3.05) is 13.1 Å². The third-order valence-corrected chi connectivity index (χ3v) is 5.73. The Morgan fingerprint density at radius 3 is 2.48 bits per heavy atom. The van der Waals surface area contributed by atoms with E-state index in [1.165, 1.54) is 0 Å². The predicted octanol–water partition coefficient (Wildman–Crippen LogP) is 3.87. The number of carbonyl (C=O) groups is 2. The van der Waals surface area contributed by atoms with Crippen LogP contribution in [0.4, 0.5) is 0 Å². The van der Waals surface area contributed by atoms with Crippen LogP contribution in [0.3, 0.4) is 0 Å². The first-order valence-corrected chi connectivity index (χ1v) is 10.6. The molecule has 0 aliphatic carbocycles. The summed E-state index contributed by atoms with van der Waals surface area (Å²) in [6, 6.07) is 13.8. The summed E-state index contributed by atoms with van der Waals surface area (Å²) in [6.07, 6.45) is 3.00. The van der Waals surface area contributed by atoms with Gasteiger partial charge < -0.3 is 10.2 Å². The Morgan fingerprint density at radius 2 is 1.83 bits per heavy atom. The second-order valence-corrected chi connectivity index (χ2v) is 7.99. The molecule has 5 nitrogen and oxygen atoms in total. The fourth-order valence-electron chi connectivity index (χ4n) is 3.77. The van der Waals surface area contributed by atoms with Gasteiger partial charge in [-0.25, -0.2) is 0 Å². The lowest BCUT2D eigenvalue weighted by Gasteiger charge is -2.32. The van der Waals surface area contributed by atoms with Crippen LogP contribution in [0.5, 0.6) is 0 Å². The summed E-state index contributed by atoms with van der Waals surface area (Å²) in [6.45, 7) is 7.44. The lowest BCUT2D eigenvalue weighted by Crippen LogP contribution is -2.39. The monoisotopic (exact) mass is 393 g/mol. The van der Waals surface area contributed by atoms with Crippen molar-refractivity contribution in [2.45, 2.75) is 58.4 Å². The Balaban J connectivity index is 1.66. The number of aryl methyl sites for hydroxylation is 1. The Bertz CT molecular complexity index is 842. The van der Waals surface area contributed by atoms with Crippen LogP contribution in [-0.4, -0.2) is 40.8 Å². The minimum absolute atomic E-state index is 0.0515. The fourth-order valence-corrected chi connectivity index (χ4v) is 3.77. The molecule has 1 N–H and O–H groups in total. The van der Waals surface area contributed by atoms with E-state index >= 15 is 0 Å². The second kappa shape index (κ2) is 9.68. The first kappa shape index (κ1) is 21.0. The quantitative estimate of drug-likeness (QED) is 0.810. The van der Waals surface area contributed by atoms with Gasteiger partial charge in [0.05, 0.1) is 17.7 Å². The molecule has 1 aliphatic heterocycles. The molecule has 154 valence electrons. The highest BCUT2D eigenvalue weighted by Gasteiger charge is 2.28. The first-order chi connectivity index (χ1) is 14.0. The Kier molecular flexibility index (Phi) is 7.02. The normalized spacial score (nSPS) is 15.8. The number of benzene rings is 1. The number of hydrogen-bond donors (Lipinski definition) is 1. The topological polar surface area (TPSA) is 62.3 Å². The van der Waals surface area contributed by atoms with Gasteiger partial charge in [-0.15, -0.1) is 0 Å². The number of aromatic nitrogens is 1. The van der Waals surface area contributed by atoms with Crippen molar-refractivity contribution < 1.29 is 9.59 Å². The number of hydrogen-bond acceptors (Lipinski definition) is 3. The maximum atomic E-state index is 12.7. The molecule has 1 saturated heterocycles. The van der Waals surface area contributed by atoms with Crippen molar-refractivity contribution in [2.24, 2.45) is 0 Å². The summed E-state index contributed by atoms with van der Waals surface area (Å²) >= 11 is 0. The zero-order chi connectivity index (χ0) is 20.8. The number of nitrogens with zero attached hydrogens (tertiary/aromatic N) is 2. The van der Waals surface area contributed by atoms with E-state index in [4.69, 9.17) is 4.98 Å². The summed E-state index contributed by atoms with van der Waals surface area (Å²) in [7, 11) is 0. The van der Waals surface area contributed by atoms with E-state index in [-0.39, 0.29) is 23.8 Å². The SMILES string of the molecule is CCC(C)NC(=O)c1ccc(C)nc1C1CCN(C(=O)Cc2ccccc2)CC1. The molecule has 1 aromatic carbocycles. The molecule has 1 atom stereocenters. The van der Waals surface area contributed by atoms with Crippen LogP contribution in [0.2, 0.25) is 0 Å². The molecule has 0 spiro atoms. The molecule has 0 saturated carbocycles. The van der Waals surface area contributed by atoms with Gasteiger partial charge in [0.2, 0.25) is 5.91 Å². The molecule has 2 heterocycles. The highest BCUT2D eigenvalue weighted by molar-refractivity contribution is 5.95. The molecule has 29 heavy (non-hydrogen) atoms. The summed E-state index contributed by atoms with van der Waals surface area (Å²) in [5, 5.41) is 3.06. The zero-order valence-electron chi connectivity index (χ0n) is 17.6. The number of rotatable bonds is 6. The van der Waals surface area contributed by atoms with Crippen LogP contribution < -0.4 is 5.32 Å². The van der Waals surface area contributed by atoms with E-state index in [9.17, 15) is 9.59 Å². The highest BCUT2D eigenvalue weighted by atomic mass is 16.2. The van der Waals surface area contributed by atoms with Crippen LogP contribution in [0.15, 0.2) is 42.5 Å². The maximum Gasteiger partial charge on any atom is 0.253 e. The van der Waals surface area contributed by atoms with Crippen molar-refractivity contribution in [1.29, 1.82) is 0 Å². The van der Waals surface area contributed by atoms with Gasteiger partial charge in [0.15, 0.2) is 0 Å². The van der Waals surface area contributed by atoms with E-state index in [2.05, 4.69) is 12.2 Å². The van der Waals surface area contributed by atoms with Crippen molar-refractivity contribution >= 4 is 11.8 Å². The number of likely N-dealkylation sites (tertiary alicyclic amines) is 1. The van der Waals surface area contributed by atoms with Gasteiger partial charge in [-0.05, 0) is 50.8 Å². The minimum Gasteiger partial charge on any atom is -0.350 e. The molecule has 2 amide bonds. The van der Waals surface area contributed by atoms with Crippen molar-refractivity contribution in [3.63, 3.8) is 0 Å². The molecule has 3 rings (SSSR count). The van der Waals surface area contributed by atoms with Crippen LogP contribution in [0, 0.1) is 6.92 Å². The molecule has 1 unspecified atom stereocenters.